The van der Waals surface area contributed by atoms with E-state index < -0.39 is 0 Å². The van der Waals surface area contributed by atoms with Gasteiger partial charge in [0.25, 0.3) is 0 Å². The van der Waals surface area contributed by atoms with Gasteiger partial charge in [-0.3, -0.25) is 4.79 Å². The highest BCUT2D eigenvalue weighted by Gasteiger charge is 2.30. The van der Waals surface area contributed by atoms with Crippen molar-refractivity contribution in [3.05, 3.63) is 126 Å². The smallest absolute Gasteiger partial charge is 0.228 e. The van der Waals surface area contributed by atoms with Gasteiger partial charge in [0.05, 0.1) is 18.7 Å². The molecular weight excluding hydrogens is 486 g/mol. The predicted molar refractivity (Wildman–Crippen MR) is 154 cm³/mol. The van der Waals surface area contributed by atoms with Gasteiger partial charge in [-0.25, -0.2) is 0 Å². The molecule has 0 fully saturated rings. The van der Waals surface area contributed by atoms with Crippen molar-refractivity contribution in [3.63, 3.8) is 0 Å². The maximum atomic E-state index is 13.1. The van der Waals surface area contributed by atoms with Gasteiger partial charge in [-0.2, -0.15) is 5.21 Å². The van der Waals surface area contributed by atoms with Crippen molar-refractivity contribution in [1.29, 1.82) is 0 Å². The van der Waals surface area contributed by atoms with Crippen LogP contribution in [0.15, 0.2) is 104 Å². The second-order valence-electron chi connectivity index (χ2n) is 9.21. The van der Waals surface area contributed by atoms with Crippen molar-refractivity contribution in [3.8, 4) is 28.3 Å². The van der Waals surface area contributed by atoms with E-state index in [2.05, 4.69) is 57.3 Å². The molecule has 4 aromatic carbocycles. The minimum absolute atomic E-state index is 0.0567. The number of tetrazole rings is 1. The summed E-state index contributed by atoms with van der Waals surface area (Å²) in [5.74, 6) is 1.19. The first-order valence-corrected chi connectivity index (χ1v) is 12.7. The number of nitrogens with one attached hydrogen (secondary N) is 2. The number of hydrogen-bond donors (Lipinski definition) is 2. The van der Waals surface area contributed by atoms with Gasteiger partial charge in [-0.1, -0.05) is 84.4 Å². The fourth-order valence-corrected chi connectivity index (χ4v) is 4.83. The molecule has 1 aromatic heterocycles. The van der Waals surface area contributed by atoms with Crippen molar-refractivity contribution in [2.75, 3.05) is 11.9 Å². The third kappa shape index (κ3) is 5.48. The molecule has 2 N–H and O–H groups in total. The number of aromatic nitrogens is 4. The maximum Gasteiger partial charge on any atom is 0.228 e. The Labute approximate surface area is 227 Å². The molecular formula is C32H29N5O2. The van der Waals surface area contributed by atoms with E-state index in [0.717, 1.165) is 33.4 Å². The van der Waals surface area contributed by atoms with E-state index in [1.807, 2.05) is 79.7 Å². The molecule has 0 saturated carbocycles. The van der Waals surface area contributed by atoms with Gasteiger partial charge in [0.1, 0.15) is 5.75 Å². The summed E-state index contributed by atoms with van der Waals surface area (Å²) < 4.78 is 6.20. The number of H-pyrrole nitrogens is 1. The average molecular weight is 516 g/mol. The highest BCUT2D eigenvalue weighted by Crippen LogP contribution is 2.46. The van der Waals surface area contributed by atoms with Gasteiger partial charge in [0.15, 0.2) is 0 Å². The Morgan fingerprint density at radius 3 is 2.41 bits per heavy atom. The molecule has 0 saturated heterocycles. The van der Waals surface area contributed by atoms with Crippen molar-refractivity contribution in [2.24, 2.45) is 0 Å². The van der Waals surface area contributed by atoms with Crippen LogP contribution in [0.25, 0.3) is 22.5 Å². The molecule has 6 rings (SSSR count). The highest BCUT2D eigenvalue weighted by atomic mass is 16.5. The van der Waals surface area contributed by atoms with Crippen LogP contribution in [0, 0.1) is 6.92 Å². The van der Waals surface area contributed by atoms with E-state index in [9.17, 15) is 4.79 Å². The van der Waals surface area contributed by atoms with Gasteiger partial charge in [-0.05, 0) is 46.5 Å². The molecule has 1 unspecified atom stereocenters. The van der Waals surface area contributed by atoms with Gasteiger partial charge >= 0.3 is 0 Å². The summed E-state index contributed by atoms with van der Waals surface area (Å²) in [6.45, 7) is 8.54. The maximum absolute atomic E-state index is 13.1. The Balaban J connectivity index is 0.00000151. The van der Waals surface area contributed by atoms with Crippen LogP contribution in [0.1, 0.15) is 28.2 Å². The summed E-state index contributed by atoms with van der Waals surface area (Å²) in [6.07, 6.45) is 0.279. The molecule has 194 valence electrons. The number of fused-ring (bicyclic) bond motifs is 1. The van der Waals surface area contributed by atoms with E-state index in [4.69, 9.17) is 4.74 Å². The number of nitrogens with zero attached hydrogens (tertiary/aromatic N) is 3. The summed E-state index contributed by atoms with van der Waals surface area (Å²) in [6, 6.07) is 30.3. The standard InChI is InChI=1S/C30H25N5O2.C2H4/c1-19-11-13-20(14-12-19)15-28(36)31-27-17-22(23-9-5-6-10-24(23)30-32-34-35-33-30)16-25-26(18-37-29(25)27)21-7-3-2-4-8-21;1-2/h2-14,16-17,26H,15,18H2,1H3,(H,31,36)(H,32,33,34,35);1-2H2. The van der Waals surface area contributed by atoms with Gasteiger partial charge < -0.3 is 10.1 Å². The number of carbonyl (C=O) groups is 1. The minimum atomic E-state index is -0.0959. The lowest BCUT2D eigenvalue weighted by Crippen LogP contribution is -2.15. The van der Waals surface area contributed by atoms with Crippen LogP contribution in [0.3, 0.4) is 0 Å². The molecule has 1 aliphatic heterocycles. The SMILES string of the molecule is C=C.Cc1ccc(CC(=O)Nc2cc(-c3ccccc3-c3nn[nH]n3)cc3c2OCC3c2ccccc2)cc1. The van der Waals surface area contributed by atoms with Crippen LogP contribution in [0.4, 0.5) is 5.69 Å². The third-order valence-corrected chi connectivity index (χ3v) is 6.67. The number of ether oxygens (including phenoxy) is 1. The first-order valence-electron chi connectivity index (χ1n) is 12.7. The molecule has 0 bridgehead atoms. The van der Waals surface area contributed by atoms with Gasteiger partial charge in [0.2, 0.25) is 11.7 Å². The first-order chi connectivity index (χ1) is 19.2. The second kappa shape index (κ2) is 11.6. The van der Waals surface area contributed by atoms with Crippen molar-refractivity contribution in [1.82, 2.24) is 20.6 Å². The number of carbonyl (C=O) groups excluding carboxylic acids is 1. The lowest BCUT2D eigenvalue weighted by molar-refractivity contribution is -0.115. The van der Waals surface area contributed by atoms with E-state index in [0.29, 0.717) is 23.9 Å². The zero-order valence-corrected chi connectivity index (χ0v) is 21.7. The number of hydrogen-bond acceptors (Lipinski definition) is 5. The molecule has 2 heterocycles. The van der Waals surface area contributed by atoms with Crippen LogP contribution in [0.5, 0.6) is 5.75 Å². The topological polar surface area (TPSA) is 92.8 Å². The van der Waals surface area contributed by atoms with Crippen LogP contribution >= 0.6 is 0 Å². The van der Waals surface area contributed by atoms with Crippen molar-refractivity contribution >= 4 is 11.6 Å². The van der Waals surface area contributed by atoms with Gasteiger partial charge in [0, 0.05) is 17.0 Å². The Morgan fingerprint density at radius 2 is 1.69 bits per heavy atom. The summed E-state index contributed by atoms with van der Waals surface area (Å²) in [5.41, 5.74) is 7.72. The summed E-state index contributed by atoms with van der Waals surface area (Å²) in [4.78, 5) is 13.1. The molecule has 1 aliphatic rings. The van der Waals surface area contributed by atoms with E-state index in [-0.39, 0.29) is 18.2 Å². The molecule has 0 radical (unpaired) electrons. The first kappa shape index (κ1) is 25.6. The highest BCUT2D eigenvalue weighted by molar-refractivity contribution is 5.96. The summed E-state index contributed by atoms with van der Waals surface area (Å²) in [7, 11) is 0. The lowest BCUT2D eigenvalue weighted by Gasteiger charge is -2.16. The molecule has 5 aromatic rings. The molecule has 7 nitrogen and oxygen atoms in total. The van der Waals surface area contributed by atoms with Crippen LogP contribution in [-0.2, 0) is 11.2 Å². The minimum Gasteiger partial charge on any atom is -0.490 e. The quantitative estimate of drug-likeness (QED) is 0.257. The molecule has 1 amide bonds. The number of aryl methyl sites for hydroxylation is 1. The Kier molecular flexibility index (Phi) is 7.59. The summed E-state index contributed by atoms with van der Waals surface area (Å²) in [5, 5.41) is 17.8. The lowest BCUT2D eigenvalue weighted by atomic mass is 9.89. The van der Waals surface area contributed by atoms with Crippen molar-refractivity contribution in [2.45, 2.75) is 19.3 Å². The predicted octanol–water partition coefficient (Wildman–Crippen LogP) is 6.35. The monoisotopic (exact) mass is 515 g/mol. The Bertz CT molecular complexity index is 1560. The molecule has 7 heteroatoms. The zero-order valence-electron chi connectivity index (χ0n) is 21.7. The van der Waals surface area contributed by atoms with Crippen molar-refractivity contribution < 1.29 is 9.53 Å². The zero-order chi connectivity index (χ0) is 27.2. The third-order valence-electron chi connectivity index (χ3n) is 6.67. The van der Waals surface area contributed by atoms with E-state index in [1.165, 1.54) is 5.56 Å². The summed E-state index contributed by atoms with van der Waals surface area (Å²) >= 11 is 0. The fraction of sp³-hybridized carbons (Fsp3) is 0.125. The van der Waals surface area contributed by atoms with E-state index in [1.54, 1.807) is 0 Å². The Hall–Kier alpha value is -5.04. The second-order valence-corrected chi connectivity index (χ2v) is 9.21. The number of aromatic amines is 1. The molecule has 39 heavy (non-hydrogen) atoms. The molecule has 0 spiro atoms. The molecule has 1 atom stereocenters. The molecule has 0 aliphatic carbocycles. The van der Waals surface area contributed by atoms with Gasteiger partial charge in [-0.15, -0.1) is 23.4 Å². The van der Waals surface area contributed by atoms with E-state index >= 15 is 0 Å². The van der Waals surface area contributed by atoms with Crippen LogP contribution < -0.4 is 10.1 Å². The number of benzene rings is 4. The largest absolute Gasteiger partial charge is 0.490 e. The van der Waals surface area contributed by atoms with Crippen LogP contribution in [0.2, 0.25) is 0 Å². The normalized spacial score (nSPS) is 13.5. The average Bonchev–Trinajstić information content (AvgIpc) is 3.67. The van der Waals surface area contributed by atoms with Crippen LogP contribution in [-0.4, -0.2) is 33.1 Å². The Morgan fingerprint density at radius 1 is 0.974 bits per heavy atom. The fourth-order valence-electron chi connectivity index (χ4n) is 4.83. The number of amides is 1. The number of rotatable bonds is 6. The number of anilines is 1.